The van der Waals surface area contributed by atoms with E-state index in [-0.39, 0.29) is 0 Å². The van der Waals surface area contributed by atoms with Crippen LogP contribution >= 0.6 is 0 Å². The standard InChI is InChI=1S/C13H25NO/c1-7-14-13(8(2)3)12-9(4)10(5)15-11(12)6/h9-14H,2,7H2,1,3-6H3. The van der Waals surface area contributed by atoms with Crippen molar-refractivity contribution in [3.63, 3.8) is 0 Å². The van der Waals surface area contributed by atoms with Gasteiger partial charge >= 0.3 is 0 Å². The second-order valence-electron chi connectivity index (χ2n) is 4.86. The Hall–Kier alpha value is -0.340. The van der Waals surface area contributed by atoms with Crippen molar-refractivity contribution < 1.29 is 4.74 Å². The molecule has 5 unspecified atom stereocenters. The highest BCUT2D eigenvalue weighted by Crippen LogP contribution is 2.36. The predicted molar refractivity (Wildman–Crippen MR) is 64.9 cm³/mol. The second-order valence-corrected chi connectivity index (χ2v) is 4.86. The van der Waals surface area contributed by atoms with E-state index in [1.165, 1.54) is 5.57 Å². The zero-order valence-electron chi connectivity index (χ0n) is 10.7. The fourth-order valence-corrected chi connectivity index (χ4v) is 2.73. The minimum Gasteiger partial charge on any atom is -0.375 e. The van der Waals surface area contributed by atoms with Gasteiger partial charge in [0.15, 0.2) is 0 Å². The summed E-state index contributed by atoms with van der Waals surface area (Å²) in [5.41, 5.74) is 1.22. The Morgan fingerprint density at radius 1 is 1.33 bits per heavy atom. The van der Waals surface area contributed by atoms with E-state index in [9.17, 15) is 0 Å². The van der Waals surface area contributed by atoms with Gasteiger partial charge < -0.3 is 10.1 Å². The molecule has 1 rings (SSSR count). The lowest BCUT2D eigenvalue weighted by molar-refractivity contribution is 0.0489. The lowest BCUT2D eigenvalue weighted by Gasteiger charge is -2.30. The molecule has 0 radical (unpaired) electrons. The van der Waals surface area contributed by atoms with Crippen LogP contribution in [0, 0.1) is 11.8 Å². The molecule has 5 atom stereocenters. The highest BCUT2D eigenvalue weighted by atomic mass is 16.5. The van der Waals surface area contributed by atoms with E-state index in [4.69, 9.17) is 4.74 Å². The Morgan fingerprint density at radius 3 is 2.27 bits per heavy atom. The molecule has 1 aliphatic rings. The van der Waals surface area contributed by atoms with Gasteiger partial charge in [-0.1, -0.05) is 26.0 Å². The van der Waals surface area contributed by atoms with E-state index >= 15 is 0 Å². The van der Waals surface area contributed by atoms with E-state index in [1.807, 2.05) is 0 Å². The maximum absolute atomic E-state index is 5.88. The first kappa shape index (κ1) is 12.7. The third-order valence-corrected chi connectivity index (χ3v) is 3.66. The number of likely N-dealkylation sites (N-methyl/N-ethyl adjacent to an activating group) is 1. The van der Waals surface area contributed by atoms with Crippen LogP contribution in [-0.4, -0.2) is 24.8 Å². The Morgan fingerprint density at radius 2 is 1.93 bits per heavy atom. The van der Waals surface area contributed by atoms with E-state index in [0.717, 1.165) is 6.54 Å². The molecule has 1 aliphatic heterocycles. The van der Waals surface area contributed by atoms with Gasteiger partial charge in [-0.2, -0.15) is 0 Å². The van der Waals surface area contributed by atoms with Gasteiger partial charge in [-0.3, -0.25) is 0 Å². The van der Waals surface area contributed by atoms with Crippen molar-refractivity contribution in [3.8, 4) is 0 Å². The molecule has 2 heteroatoms. The van der Waals surface area contributed by atoms with Gasteiger partial charge in [0.05, 0.1) is 12.2 Å². The van der Waals surface area contributed by atoms with Crippen molar-refractivity contribution in [2.45, 2.75) is 52.9 Å². The van der Waals surface area contributed by atoms with Crippen LogP contribution in [0.15, 0.2) is 12.2 Å². The van der Waals surface area contributed by atoms with Crippen molar-refractivity contribution in [2.75, 3.05) is 6.54 Å². The molecule has 0 aromatic carbocycles. The molecule has 0 spiro atoms. The quantitative estimate of drug-likeness (QED) is 0.722. The maximum atomic E-state index is 5.88. The highest BCUT2D eigenvalue weighted by Gasteiger charge is 2.41. The lowest BCUT2D eigenvalue weighted by Crippen LogP contribution is -2.42. The van der Waals surface area contributed by atoms with Gasteiger partial charge in [-0.05, 0) is 33.2 Å². The van der Waals surface area contributed by atoms with Gasteiger partial charge in [-0.15, -0.1) is 0 Å². The molecule has 0 amide bonds. The highest BCUT2D eigenvalue weighted by molar-refractivity contribution is 5.08. The van der Waals surface area contributed by atoms with Gasteiger partial charge in [-0.25, -0.2) is 0 Å². The van der Waals surface area contributed by atoms with Gasteiger partial charge in [0.2, 0.25) is 0 Å². The topological polar surface area (TPSA) is 21.3 Å². The second kappa shape index (κ2) is 5.13. The van der Waals surface area contributed by atoms with Crippen LogP contribution in [0.5, 0.6) is 0 Å². The minimum absolute atomic E-state index is 0.329. The average Bonchev–Trinajstić information content (AvgIpc) is 2.38. The summed E-state index contributed by atoms with van der Waals surface area (Å²) in [6.45, 7) is 16.0. The van der Waals surface area contributed by atoms with Crippen molar-refractivity contribution in [2.24, 2.45) is 11.8 Å². The van der Waals surface area contributed by atoms with Crippen molar-refractivity contribution >= 4 is 0 Å². The molecule has 15 heavy (non-hydrogen) atoms. The molecule has 0 aromatic rings. The van der Waals surface area contributed by atoms with Gasteiger partial charge in [0.1, 0.15) is 0 Å². The number of hydrogen-bond donors (Lipinski definition) is 1. The molecule has 1 heterocycles. The largest absolute Gasteiger partial charge is 0.375 e. The van der Waals surface area contributed by atoms with E-state index in [2.05, 4.69) is 46.5 Å². The first-order valence-corrected chi connectivity index (χ1v) is 6.03. The Bertz CT molecular complexity index is 227. The normalized spacial score (nSPS) is 37.9. The van der Waals surface area contributed by atoms with Crippen LogP contribution in [-0.2, 0) is 4.74 Å². The molecular formula is C13H25NO. The van der Waals surface area contributed by atoms with Crippen LogP contribution in [0.2, 0.25) is 0 Å². The molecule has 0 saturated carbocycles. The first-order valence-electron chi connectivity index (χ1n) is 6.03. The minimum atomic E-state index is 0.329. The predicted octanol–water partition coefficient (Wildman–Crippen LogP) is 2.60. The zero-order valence-corrected chi connectivity index (χ0v) is 10.7. The third kappa shape index (κ3) is 2.61. The first-order chi connectivity index (χ1) is 6.99. The molecule has 0 aliphatic carbocycles. The van der Waals surface area contributed by atoms with Gasteiger partial charge in [0, 0.05) is 12.0 Å². The van der Waals surface area contributed by atoms with Crippen molar-refractivity contribution in [1.29, 1.82) is 0 Å². The summed E-state index contributed by atoms with van der Waals surface area (Å²) in [5, 5.41) is 3.53. The summed E-state index contributed by atoms with van der Waals surface area (Å²) < 4.78 is 5.88. The smallest absolute Gasteiger partial charge is 0.0600 e. The average molecular weight is 211 g/mol. The summed E-state index contributed by atoms with van der Waals surface area (Å²) in [7, 11) is 0. The van der Waals surface area contributed by atoms with Crippen LogP contribution in [0.4, 0.5) is 0 Å². The maximum Gasteiger partial charge on any atom is 0.0600 e. The fourth-order valence-electron chi connectivity index (χ4n) is 2.73. The Labute approximate surface area is 94.1 Å². The van der Waals surface area contributed by atoms with Crippen molar-refractivity contribution in [3.05, 3.63) is 12.2 Å². The third-order valence-electron chi connectivity index (χ3n) is 3.66. The monoisotopic (exact) mass is 211 g/mol. The Kier molecular flexibility index (Phi) is 4.35. The number of nitrogens with one attached hydrogen (secondary N) is 1. The molecule has 1 fully saturated rings. The number of hydrogen-bond acceptors (Lipinski definition) is 2. The van der Waals surface area contributed by atoms with E-state index in [1.54, 1.807) is 0 Å². The molecule has 0 aromatic heterocycles. The number of rotatable bonds is 4. The molecule has 1 N–H and O–H groups in total. The fraction of sp³-hybridized carbons (Fsp3) is 0.846. The zero-order chi connectivity index (χ0) is 11.6. The summed E-state index contributed by atoms with van der Waals surface area (Å²) >= 11 is 0. The lowest BCUT2D eigenvalue weighted by atomic mass is 9.81. The number of ether oxygens (including phenoxy) is 1. The van der Waals surface area contributed by atoms with E-state index in [0.29, 0.717) is 30.1 Å². The van der Waals surface area contributed by atoms with Crippen LogP contribution in [0.3, 0.4) is 0 Å². The SMILES string of the molecule is C=C(C)C(NCC)C1C(C)OC(C)C1C. The summed E-state index contributed by atoms with van der Waals surface area (Å²) in [5.74, 6) is 1.15. The summed E-state index contributed by atoms with van der Waals surface area (Å²) in [6, 6.07) is 0.393. The summed E-state index contributed by atoms with van der Waals surface area (Å²) in [6.07, 6.45) is 0.696. The molecule has 0 bridgehead atoms. The summed E-state index contributed by atoms with van der Waals surface area (Å²) in [4.78, 5) is 0. The van der Waals surface area contributed by atoms with Crippen molar-refractivity contribution in [1.82, 2.24) is 5.32 Å². The van der Waals surface area contributed by atoms with E-state index < -0.39 is 0 Å². The molecular weight excluding hydrogens is 186 g/mol. The Balaban J connectivity index is 2.78. The molecule has 2 nitrogen and oxygen atoms in total. The van der Waals surface area contributed by atoms with Crippen LogP contribution in [0.1, 0.15) is 34.6 Å². The van der Waals surface area contributed by atoms with Crippen LogP contribution < -0.4 is 5.32 Å². The van der Waals surface area contributed by atoms with Crippen LogP contribution in [0.25, 0.3) is 0 Å². The molecule has 1 saturated heterocycles. The van der Waals surface area contributed by atoms with Gasteiger partial charge in [0.25, 0.3) is 0 Å². The molecule has 88 valence electrons.